The number of hydrogen-bond acceptors (Lipinski definition) is 6. The zero-order valence-corrected chi connectivity index (χ0v) is 23.7. The number of aliphatic hydroxyl groups excluding tert-OH is 2. The second-order valence-corrected chi connectivity index (χ2v) is 12.9. The first-order valence-electron chi connectivity index (χ1n) is 14.3. The molecule has 0 radical (unpaired) electrons. The summed E-state index contributed by atoms with van der Waals surface area (Å²) in [5.41, 5.74) is 1.50. The second-order valence-electron chi connectivity index (χ2n) is 12.9. The molecule has 0 aromatic heterocycles. The van der Waals surface area contributed by atoms with E-state index in [-0.39, 0.29) is 25.1 Å². The summed E-state index contributed by atoms with van der Waals surface area (Å²) >= 11 is 0. The number of nitrogens with one attached hydrogen (secondary N) is 1. The van der Waals surface area contributed by atoms with Crippen molar-refractivity contribution in [1.29, 1.82) is 0 Å². The van der Waals surface area contributed by atoms with Crippen molar-refractivity contribution in [1.82, 2.24) is 10.4 Å². The number of fused-ring (bicyclic) bond motifs is 2. The Hall–Kier alpha value is -2.29. The van der Waals surface area contributed by atoms with Gasteiger partial charge in [-0.05, 0) is 66.5 Å². The Morgan fingerprint density at radius 3 is 2.46 bits per heavy atom. The van der Waals surface area contributed by atoms with Gasteiger partial charge in [0.25, 0.3) is 0 Å². The fourth-order valence-electron chi connectivity index (χ4n) is 7.49. The van der Waals surface area contributed by atoms with E-state index < -0.39 is 29.8 Å². The molecule has 0 spiro atoms. The molecule has 1 amide bonds. The minimum atomic E-state index is -1.19. The van der Waals surface area contributed by atoms with Gasteiger partial charge in [-0.2, -0.15) is 5.06 Å². The van der Waals surface area contributed by atoms with Crippen molar-refractivity contribution in [2.24, 2.45) is 29.1 Å². The van der Waals surface area contributed by atoms with Crippen LogP contribution in [0.3, 0.4) is 0 Å². The van der Waals surface area contributed by atoms with Gasteiger partial charge in [0, 0.05) is 12.0 Å². The highest BCUT2D eigenvalue weighted by molar-refractivity contribution is 5.82. The van der Waals surface area contributed by atoms with E-state index >= 15 is 0 Å². The van der Waals surface area contributed by atoms with Gasteiger partial charge in [0.1, 0.15) is 17.7 Å². The topological polar surface area (TPSA) is 102 Å². The summed E-state index contributed by atoms with van der Waals surface area (Å²) in [6.07, 6.45) is 0.641. The third-order valence-electron chi connectivity index (χ3n) is 10.2. The van der Waals surface area contributed by atoms with Gasteiger partial charge in [-0.1, -0.05) is 75.4 Å². The van der Waals surface area contributed by atoms with E-state index in [2.05, 4.69) is 26.1 Å². The molecule has 7 heteroatoms. The normalized spacial score (nSPS) is 34.1. The molecule has 2 aromatic rings. The van der Waals surface area contributed by atoms with E-state index in [4.69, 9.17) is 4.84 Å². The molecule has 3 saturated carbocycles. The summed E-state index contributed by atoms with van der Waals surface area (Å²) in [7, 11) is 0. The zero-order chi connectivity index (χ0) is 28.1. The Morgan fingerprint density at radius 1 is 1.15 bits per heavy atom. The smallest absolute Gasteiger partial charge is 0.240 e. The predicted octanol–water partition coefficient (Wildman–Crippen LogP) is 3.60. The van der Waals surface area contributed by atoms with Crippen molar-refractivity contribution < 1.29 is 25.0 Å². The average molecular weight is 537 g/mol. The number of rotatable bonds is 8. The molecular formula is C32H44N2O5. The number of hydrogen-bond donors (Lipinski definition) is 4. The van der Waals surface area contributed by atoms with Crippen LogP contribution >= 0.6 is 0 Å². The van der Waals surface area contributed by atoms with E-state index in [0.29, 0.717) is 23.2 Å². The Bertz CT molecular complexity index is 1170. The molecule has 212 valence electrons. The number of aliphatic hydroxyl groups is 3. The van der Waals surface area contributed by atoms with E-state index in [0.717, 1.165) is 23.1 Å². The van der Waals surface area contributed by atoms with Crippen molar-refractivity contribution >= 4 is 5.91 Å². The van der Waals surface area contributed by atoms with Crippen LogP contribution in [0.5, 0.6) is 0 Å². The summed E-state index contributed by atoms with van der Waals surface area (Å²) in [6, 6.07) is 16.5. The standard InChI is InChI=1S/C32H44N2O5/c1-19-26-15-24(31(26,3)4)16-27(19)33-30(37)28-25(18-35)29(20(2)36)39-34(28)17-21-10-9-13-23(14-21)32(5,38)22-11-7-6-8-12-22/h6-14,19-20,24-29,35-36,38H,15-18H2,1-5H3,(H,33,37)/t19-,20-,24+,25?,26-,27-,28-,29-,32?/m0/s1. The lowest BCUT2D eigenvalue weighted by atomic mass is 9.45. The molecule has 7 nitrogen and oxygen atoms in total. The molecule has 4 fully saturated rings. The quantitative estimate of drug-likeness (QED) is 0.411. The van der Waals surface area contributed by atoms with Gasteiger partial charge in [0.15, 0.2) is 0 Å². The zero-order valence-electron chi connectivity index (χ0n) is 23.7. The highest BCUT2D eigenvalue weighted by Gasteiger charge is 2.57. The molecule has 3 aliphatic carbocycles. The van der Waals surface area contributed by atoms with E-state index in [1.54, 1.807) is 18.9 Å². The molecule has 39 heavy (non-hydrogen) atoms. The van der Waals surface area contributed by atoms with Crippen molar-refractivity contribution in [3.8, 4) is 0 Å². The molecule has 6 rings (SSSR count). The largest absolute Gasteiger partial charge is 0.396 e. The van der Waals surface area contributed by atoms with Crippen LogP contribution in [-0.4, -0.2) is 57.2 Å². The molecule has 4 aliphatic rings. The van der Waals surface area contributed by atoms with Crippen molar-refractivity contribution in [3.05, 3.63) is 71.3 Å². The van der Waals surface area contributed by atoms with Crippen molar-refractivity contribution in [2.75, 3.05) is 6.61 Å². The molecule has 1 heterocycles. The average Bonchev–Trinajstić information content (AvgIpc) is 3.28. The third kappa shape index (κ3) is 5.04. The highest BCUT2D eigenvalue weighted by atomic mass is 16.7. The summed E-state index contributed by atoms with van der Waals surface area (Å²) in [4.78, 5) is 20.0. The monoisotopic (exact) mass is 536 g/mol. The first kappa shape index (κ1) is 28.2. The summed E-state index contributed by atoms with van der Waals surface area (Å²) in [5, 5.41) is 37.1. The van der Waals surface area contributed by atoms with Crippen molar-refractivity contribution in [2.45, 2.75) is 83.9 Å². The van der Waals surface area contributed by atoms with Crippen LogP contribution in [0.15, 0.2) is 54.6 Å². The summed E-state index contributed by atoms with van der Waals surface area (Å²) in [6.45, 7) is 10.3. The fraction of sp³-hybridized carbons (Fsp3) is 0.594. The maximum atomic E-state index is 13.8. The van der Waals surface area contributed by atoms with E-state index in [1.165, 1.54) is 6.42 Å². The van der Waals surface area contributed by atoms with Gasteiger partial charge in [-0.3, -0.25) is 9.63 Å². The molecule has 2 unspecified atom stereocenters. The van der Waals surface area contributed by atoms with Gasteiger partial charge in [0.2, 0.25) is 5.91 Å². The minimum absolute atomic E-state index is 0.0883. The maximum absolute atomic E-state index is 13.8. The lowest BCUT2D eigenvalue weighted by Gasteiger charge is -2.62. The lowest BCUT2D eigenvalue weighted by Crippen LogP contribution is -2.62. The number of nitrogens with zero attached hydrogens (tertiary/aromatic N) is 1. The lowest BCUT2D eigenvalue weighted by molar-refractivity contribution is -0.193. The third-order valence-corrected chi connectivity index (χ3v) is 10.2. The summed E-state index contributed by atoms with van der Waals surface area (Å²) < 4.78 is 0. The van der Waals surface area contributed by atoms with Crippen LogP contribution in [0.25, 0.3) is 0 Å². The number of hydroxylamine groups is 2. The SMILES string of the molecule is C[C@@H]1[C@@H](NC(=O)[C@@H]2C(CO)[C@H]([C@H](C)O)ON2Cc2cccc(C(C)(O)c3ccccc3)c2)C[C@H]2C[C@@H]1C2(C)C. The van der Waals surface area contributed by atoms with Gasteiger partial charge >= 0.3 is 0 Å². The number of carbonyl (C=O) groups excluding carboxylic acids is 1. The first-order chi connectivity index (χ1) is 18.4. The fourth-order valence-corrected chi connectivity index (χ4v) is 7.49. The molecule has 1 aliphatic heterocycles. The van der Waals surface area contributed by atoms with Crippen LogP contribution in [0.4, 0.5) is 0 Å². The first-order valence-corrected chi connectivity index (χ1v) is 14.3. The molecule has 1 saturated heterocycles. The second kappa shape index (κ2) is 10.6. The van der Waals surface area contributed by atoms with E-state index in [9.17, 15) is 20.1 Å². The molecule has 2 aromatic carbocycles. The Labute approximate surface area is 232 Å². The molecular weight excluding hydrogens is 492 g/mol. The van der Waals surface area contributed by atoms with Crippen LogP contribution in [0, 0.1) is 29.1 Å². The van der Waals surface area contributed by atoms with Gasteiger partial charge < -0.3 is 20.6 Å². The van der Waals surface area contributed by atoms with E-state index in [1.807, 2.05) is 54.6 Å². The molecule has 4 N–H and O–H groups in total. The Morgan fingerprint density at radius 2 is 1.85 bits per heavy atom. The van der Waals surface area contributed by atoms with Gasteiger partial charge in [-0.15, -0.1) is 0 Å². The van der Waals surface area contributed by atoms with Gasteiger partial charge in [0.05, 0.1) is 19.3 Å². The van der Waals surface area contributed by atoms with Crippen LogP contribution in [0.1, 0.15) is 64.2 Å². The molecule has 9 atom stereocenters. The van der Waals surface area contributed by atoms with Crippen LogP contribution < -0.4 is 5.32 Å². The van der Waals surface area contributed by atoms with Crippen LogP contribution in [-0.2, 0) is 21.8 Å². The highest BCUT2D eigenvalue weighted by Crippen LogP contribution is 2.61. The number of carbonyl (C=O) groups is 1. The Kier molecular flexibility index (Phi) is 7.68. The van der Waals surface area contributed by atoms with Gasteiger partial charge in [-0.25, -0.2) is 0 Å². The van der Waals surface area contributed by atoms with Crippen molar-refractivity contribution in [3.63, 3.8) is 0 Å². The van der Waals surface area contributed by atoms with Crippen LogP contribution in [0.2, 0.25) is 0 Å². The number of benzene rings is 2. The summed E-state index contributed by atoms with van der Waals surface area (Å²) in [5.74, 6) is 0.850. The number of amides is 1. The maximum Gasteiger partial charge on any atom is 0.240 e. The minimum Gasteiger partial charge on any atom is -0.396 e. The predicted molar refractivity (Wildman–Crippen MR) is 149 cm³/mol. The Balaban J connectivity index is 1.37. The molecule has 2 bridgehead atoms.